The summed E-state index contributed by atoms with van der Waals surface area (Å²) in [6.45, 7) is 3.57. The lowest BCUT2D eigenvalue weighted by Gasteiger charge is -2.17. The molecule has 0 amide bonds. The van der Waals surface area contributed by atoms with Crippen LogP contribution in [-0.4, -0.2) is 25.7 Å². The van der Waals surface area contributed by atoms with Crippen molar-refractivity contribution in [3.05, 3.63) is 18.2 Å². The maximum absolute atomic E-state index is 11.3. The smallest absolute Gasteiger partial charge is 0.238 e. The van der Waals surface area contributed by atoms with Crippen LogP contribution in [0.2, 0.25) is 0 Å². The first-order valence-electron chi connectivity index (χ1n) is 5.56. The molecule has 6 N–H and O–H groups in total. The van der Waals surface area contributed by atoms with Crippen molar-refractivity contribution in [2.75, 3.05) is 11.1 Å². The van der Waals surface area contributed by atoms with E-state index in [2.05, 4.69) is 5.32 Å². The van der Waals surface area contributed by atoms with Crippen LogP contribution in [0.4, 0.5) is 11.4 Å². The highest BCUT2D eigenvalue weighted by Crippen LogP contribution is 2.20. The van der Waals surface area contributed by atoms with E-state index in [0.717, 1.165) is 0 Å². The highest BCUT2D eigenvalue weighted by molar-refractivity contribution is 7.89. The van der Waals surface area contributed by atoms with Crippen molar-refractivity contribution in [3.63, 3.8) is 0 Å². The first-order valence-corrected chi connectivity index (χ1v) is 7.11. The SMILES string of the molecule is CC(O)CC(C)Nc1cc(N)cc(S(N)(=O)=O)c1. The number of rotatable bonds is 5. The van der Waals surface area contributed by atoms with E-state index in [1.54, 1.807) is 13.0 Å². The van der Waals surface area contributed by atoms with Crippen LogP contribution in [0.5, 0.6) is 0 Å². The monoisotopic (exact) mass is 273 g/mol. The minimum absolute atomic E-state index is 0.0138. The molecular formula is C11H19N3O3S. The predicted octanol–water partition coefficient (Wildman–Crippen LogP) is 0.488. The Kier molecular flexibility index (Phi) is 4.55. The normalized spacial score (nSPS) is 15.1. The lowest BCUT2D eigenvalue weighted by atomic mass is 10.1. The van der Waals surface area contributed by atoms with Crippen molar-refractivity contribution >= 4 is 21.4 Å². The average Bonchev–Trinajstić information content (AvgIpc) is 2.13. The van der Waals surface area contributed by atoms with Crippen LogP contribution in [0.25, 0.3) is 0 Å². The standard InChI is InChI=1S/C11H19N3O3S/c1-7(3-8(2)15)14-10-4-9(12)5-11(6-10)18(13,16)17/h4-8,14-15H,3,12H2,1-2H3,(H2,13,16,17). The van der Waals surface area contributed by atoms with Gasteiger partial charge in [-0.3, -0.25) is 0 Å². The van der Waals surface area contributed by atoms with Crippen LogP contribution in [0, 0.1) is 0 Å². The molecule has 1 aromatic carbocycles. The first-order chi connectivity index (χ1) is 8.18. The van der Waals surface area contributed by atoms with E-state index >= 15 is 0 Å². The van der Waals surface area contributed by atoms with Crippen LogP contribution in [0.1, 0.15) is 20.3 Å². The summed E-state index contributed by atoms with van der Waals surface area (Å²) in [6.07, 6.45) is 0.103. The lowest BCUT2D eigenvalue weighted by Crippen LogP contribution is -2.21. The molecular weight excluding hydrogens is 254 g/mol. The zero-order valence-electron chi connectivity index (χ0n) is 10.4. The molecule has 0 aliphatic carbocycles. The number of anilines is 2. The molecule has 0 aliphatic rings. The van der Waals surface area contributed by atoms with Crippen LogP contribution < -0.4 is 16.2 Å². The van der Waals surface area contributed by atoms with E-state index in [1.165, 1.54) is 12.1 Å². The molecule has 0 aliphatic heterocycles. The second-order valence-corrected chi connectivity index (χ2v) is 6.03. The number of aliphatic hydroxyl groups is 1. The van der Waals surface area contributed by atoms with Gasteiger partial charge in [-0.15, -0.1) is 0 Å². The molecule has 0 aromatic heterocycles. The fourth-order valence-corrected chi connectivity index (χ4v) is 2.32. The Hall–Kier alpha value is -1.31. The maximum Gasteiger partial charge on any atom is 0.238 e. The van der Waals surface area contributed by atoms with E-state index in [4.69, 9.17) is 10.9 Å². The molecule has 0 radical (unpaired) electrons. The number of primary sulfonamides is 1. The fourth-order valence-electron chi connectivity index (χ4n) is 1.72. The highest BCUT2D eigenvalue weighted by Gasteiger charge is 2.12. The zero-order valence-corrected chi connectivity index (χ0v) is 11.2. The average molecular weight is 273 g/mol. The van der Waals surface area contributed by atoms with Gasteiger partial charge in [0.25, 0.3) is 0 Å². The summed E-state index contributed by atoms with van der Waals surface area (Å²) in [5, 5.41) is 17.4. The number of sulfonamides is 1. The third-order valence-corrected chi connectivity index (χ3v) is 3.26. The Balaban J connectivity index is 2.94. The molecule has 0 saturated heterocycles. The summed E-state index contributed by atoms with van der Waals surface area (Å²) in [5.41, 5.74) is 6.50. The lowest BCUT2D eigenvalue weighted by molar-refractivity contribution is 0.179. The van der Waals surface area contributed by atoms with Crippen molar-refractivity contribution in [1.29, 1.82) is 0 Å². The van der Waals surface area contributed by atoms with Crippen LogP contribution in [0.3, 0.4) is 0 Å². The molecule has 7 heteroatoms. The molecule has 102 valence electrons. The molecule has 2 unspecified atom stereocenters. The molecule has 0 bridgehead atoms. The van der Waals surface area contributed by atoms with E-state index in [-0.39, 0.29) is 10.9 Å². The summed E-state index contributed by atoms with van der Waals surface area (Å²) in [7, 11) is -3.78. The van der Waals surface area contributed by atoms with Gasteiger partial charge in [0.2, 0.25) is 10.0 Å². The van der Waals surface area contributed by atoms with Crippen LogP contribution in [-0.2, 0) is 10.0 Å². The third kappa shape index (κ3) is 4.52. The Morgan fingerprint density at radius 3 is 2.44 bits per heavy atom. The van der Waals surface area contributed by atoms with E-state index in [9.17, 15) is 13.5 Å². The van der Waals surface area contributed by atoms with E-state index in [1.807, 2.05) is 6.92 Å². The van der Waals surface area contributed by atoms with Gasteiger partial charge in [0.05, 0.1) is 11.0 Å². The Bertz CT molecular complexity index is 514. The Morgan fingerprint density at radius 1 is 1.33 bits per heavy atom. The number of nitrogens with two attached hydrogens (primary N) is 2. The number of aliphatic hydroxyl groups excluding tert-OH is 1. The van der Waals surface area contributed by atoms with Crippen molar-refractivity contribution in [1.82, 2.24) is 0 Å². The number of nitrogen functional groups attached to an aromatic ring is 1. The largest absolute Gasteiger partial charge is 0.399 e. The molecule has 0 fully saturated rings. The number of hydrogen-bond acceptors (Lipinski definition) is 5. The van der Waals surface area contributed by atoms with Gasteiger partial charge in [-0.05, 0) is 38.5 Å². The van der Waals surface area contributed by atoms with Gasteiger partial charge in [0.15, 0.2) is 0 Å². The maximum atomic E-state index is 11.3. The van der Waals surface area contributed by atoms with Crippen LogP contribution in [0.15, 0.2) is 23.1 Å². The minimum Gasteiger partial charge on any atom is -0.399 e. The Morgan fingerprint density at radius 2 is 1.94 bits per heavy atom. The molecule has 0 saturated carbocycles. The molecule has 0 spiro atoms. The van der Waals surface area contributed by atoms with Gasteiger partial charge < -0.3 is 16.2 Å². The van der Waals surface area contributed by atoms with E-state index in [0.29, 0.717) is 17.8 Å². The van der Waals surface area contributed by atoms with Crippen molar-refractivity contribution in [2.45, 2.75) is 37.3 Å². The second-order valence-electron chi connectivity index (χ2n) is 4.47. The van der Waals surface area contributed by atoms with Crippen molar-refractivity contribution < 1.29 is 13.5 Å². The highest BCUT2D eigenvalue weighted by atomic mass is 32.2. The van der Waals surface area contributed by atoms with Gasteiger partial charge >= 0.3 is 0 Å². The van der Waals surface area contributed by atoms with Crippen molar-refractivity contribution in [3.8, 4) is 0 Å². The first kappa shape index (κ1) is 14.7. The summed E-state index contributed by atoms with van der Waals surface area (Å²) in [6, 6.07) is 4.33. The molecule has 0 heterocycles. The third-order valence-electron chi connectivity index (χ3n) is 2.37. The van der Waals surface area contributed by atoms with Gasteiger partial charge in [-0.1, -0.05) is 0 Å². The minimum atomic E-state index is -3.78. The van der Waals surface area contributed by atoms with Gasteiger partial charge in [-0.2, -0.15) is 0 Å². The topological polar surface area (TPSA) is 118 Å². The Labute approximate surface area is 107 Å². The predicted molar refractivity (Wildman–Crippen MR) is 71.6 cm³/mol. The molecule has 6 nitrogen and oxygen atoms in total. The summed E-state index contributed by atoms with van der Waals surface area (Å²) < 4.78 is 22.5. The zero-order chi connectivity index (χ0) is 13.9. The molecule has 1 rings (SSSR count). The number of hydrogen-bond donors (Lipinski definition) is 4. The quantitative estimate of drug-likeness (QED) is 0.582. The second kappa shape index (κ2) is 5.55. The van der Waals surface area contributed by atoms with Crippen molar-refractivity contribution in [2.24, 2.45) is 5.14 Å². The fraction of sp³-hybridized carbons (Fsp3) is 0.455. The molecule has 1 aromatic rings. The summed E-state index contributed by atoms with van der Waals surface area (Å²) in [4.78, 5) is -0.0331. The number of benzene rings is 1. The van der Waals surface area contributed by atoms with Crippen LogP contribution >= 0.6 is 0 Å². The van der Waals surface area contributed by atoms with E-state index < -0.39 is 16.1 Å². The molecule has 2 atom stereocenters. The van der Waals surface area contributed by atoms with Gasteiger partial charge in [0.1, 0.15) is 0 Å². The van der Waals surface area contributed by atoms with Gasteiger partial charge in [0, 0.05) is 17.4 Å². The summed E-state index contributed by atoms with van der Waals surface area (Å²) >= 11 is 0. The molecule has 18 heavy (non-hydrogen) atoms. The number of nitrogens with one attached hydrogen (secondary N) is 1. The summed E-state index contributed by atoms with van der Waals surface area (Å²) in [5.74, 6) is 0. The van der Waals surface area contributed by atoms with Gasteiger partial charge in [-0.25, -0.2) is 13.6 Å².